The van der Waals surface area contributed by atoms with Gasteiger partial charge in [0.2, 0.25) is 0 Å². The molecule has 5 heteroatoms. The Morgan fingerprint density at radius 3 is 2.45 bits per heavy atom. The van der Waals surface area contributed by atoms with Crippen molar-refractivity contribution >= 4 is 17.2 Å². The summed E-state index contributed by atoms with van der Waals surface area (Å²) in [5.41, 5.74) is 1.71. The first-order valence-electron chi connectivity index (χ1n) is 7.63. The first kappa shape index (κ1) is 15.2. The largest absolute Gasteiger partial charge is 0.339 e. The smallest absolute Gasteiger partial charge is 0.255 e. The SMILES string of the molecule is Cc1ccc(C(=O)N2CCC(C)(c3ncc(C)s3)CC2)cn1. The number of nitrogens with zero attached hydrogens (tertiary/aromatic N) is 3. The van der Waals surface area contributed by atoms with Crippen LogP contribution >= 0.6 is 11.3 Å². The molecule has 1 aliphatic heterocycles. The Kier molecular flexibility index (Phi) is 4.00. The lowest BCUT2D eigenvalue weighted by Crippen LogP contribution is -2.43. The van der Waals surface area contributed by atoms with Crippen molar-refractivity contribution in [2.75, 3.05) is 13.1 Å². The Balaban J connectivity index is 1.68. The Labute approximate surface area is 135 Å². The van der Waals surface area contributed by atoms with Crippen molar-refractivity contribution in [1.82, 2.24) is 14.9 Å². The fourth-order valence-electron chi connectivity index (χ4n) is 2.83. The molecule has 1 aliphatic rings. The average molecular weight is 315 g/mol. The van der Waals surface area contributed by atoms with Gasteiger partial charge < -0.3 is 4.90 Å². The van der Waals surface area contributed by atoms with Crippen LogP contribution in [-0.2, 0) is 5.41 Å². The number of carbonyl (C=O) groups is 1. The third-order valence-electron chi connectivity index (χ3n) is 4.45. The summed E-state index contributed by atoms with van der Waals surface area (Å²) < 4.78 is 0. The van der Waals surface area contributed by atoms with Gasteiger partial charge in [0.1, 0.15) is 0 Å². The molecular formula is C17H21N3OS. The van der Waals surface area contributed by atoms with E-state index in [1.807, 2.05) is 30.2 Å². The normalized spacial score (nSPS) is 17.5. The van der Waals surface area contributed by atoms with Crippen LogP contribution in [0.5, 0.6) is 0 Å². The molecule has 0 unspecified atom stereocenters. The highest BCUT2D eigenvalue weighted by Gasteiger charge is 2.35. The second kappa shape index (κ2) is 5.80. The number of thiazole rings is 1. The highest BCUT2D eigenvalue weighted by Crippen LogP contribution is 2.37. The van der Waals surface area contributed by atoms with Gasteiger partial charge in [0.05, 0.1) is 10.6 Å². The molecule has 0 aliphatic carbocycles. The van der Waals surface area contributed by atoms with Gasteiger partial charge in [-0.15, -0.1) is 11.3 Å². The Morgan fingerprint density at radius 1 is 1.18 bits per heavy atom. The molecule has 0 spiro atoms. The van der Waals surface area contributed by atoms with Crippen molar-refractivity contribution in [3.8, 4) is 0 Å². The lowest BCUT2D eigenvalue weighted by molar-refractivity contribution is 0.0675. The number of aryl methyl sites for hydroxylation is 2. The topological polar surface area (TPSA) is 46.1 Å². The molecule has 0 bridgehead atoms. The predicted molar refractivity (Wildman–Crippen MR) is 88.3 cm³/mol. The third kappa shape index (κ3) is 2.90. The summed E-state index contributed by atoms with van der Waals surface area (Å²) in [6.45, 7) is 7.84. The Morgan fingerprint density at radius 2 is 1.91 bits per heavy atom. The monoisotopic (exact) mass is 315 g/mol. The van der Waals surface area contributed by atoms with Crippen molar-refractivity contribution in [2.45, 2.75) is 39.0 Å². The van der Waals surface area contributed by atoms with E-state index in [1.165, 1.54) is 9.88 Å². The number of hydrogen-bond donors (Lipinski definition) is 0. The molecule has 2 aromatic rings. The van der Waals surface area contributed by atoms with Crippen LogP contribution in [0.4, 0.5) is 0 Å². The van der Waals surface area contributed by atoms with E-state index in [2.05, 4.69) is 23.8 Å². The summed E-state index contributed by atoms with van der Waals surface area (Å²) in [4.78, 5) is 24.5. The maximum Gasteiger partial charge on any atom is 0.255 e. The first-order chi connectivity index (χ1) is 10.5. The van der Waals surface area contributed by atoms with Crippen LogP contribution in [0.25, 0.3) is 0 Å². The molecule has 116 valence electrons. The Hall–Kier alpha value is -1.75. The summed E-state index contributed by atoms with van der Waals surface area (Å²) >= 11 is 1.78. The van der Waals surface area contributed by atoms with Crippen LogP contribution in [0, 0.1) is 13.8 Å². The summed E-state index contributed by atoms with van der Waals surface area (Å²) in [6.07, 6.45) is 5.55. The number of hydrogen-bond acceptors (Lipinski definition) is 4. The fourth-order valence-corrected chi connectivity index (χ4v) is 3.79. The molecule has 1 amide bonds. The predicted octanol–water partition coefficient (Wildman–Crippen LogP) is 3.35. The van der Waals surface area contributed by atoms with Gasteiger partial charge in [-0.25, -0.2) is 4.98 Å². The van der Waals surface area contributed by atoms with Crippen LogP contribution in [0.2, 0.25) is 0 Å². The molecule has 4 nitrogen and oxygen atoms in total. The van der Waals surface area contributed by atoms with Crippen molar-refractivity contribution in [3.63, 3.8) is 0 Å². The van der Waals surface area contributed by atoms with Crippen LogP contribution in [0.15, 0.2) is 24.5 Å². The lowest BCUT2D eigenvalue weighted by Gasteiger charge is -2.38. The van der Waals surface area contributed by atoms with E-state index < -0.39 is 0 Å². The maximum atomic E-state index is 12.5. The number of pyridine rings is 1. The quantitative estimate of drug-likeness (QED) is 0.854. The van der Waals surface area contributed by atoms with E-state index in [9.17, 15) is 4.79 Å². The minimum atomic E-state index is 0.0878. The van der Waals surface area contributed by atoms with Crippen LogP contribution < -0.4 is 0 Å². The second-order valence-corrected chi connectivity index (χ2v) is 7.55. The maximum absolute atomic E-state index is 12.5. The Bertz CT molecular complexity index is 669. The van der Waals surface area contributed by atoms with Crippen LogP contribution in [-0.4, -0.2) is 33.9 Å². The molecule has 1 fully saturated rings. The van der Waals surface area contributed by atoms with Gasteiger partial charge in [-0.2, -0.15) is 0 Å². The average Bonchev–Trinajstić information content (AvgIpc) is 2.96. The van der Waals surface area contributed by atoms with Crippen molar-refractivity contribution in [2.24, 2.45) is 0 Å². The summed E-state index contributed by atoms with van der Waals surface area (Å²) in [5, 5.41) is 1.20. The lowest BCUT2D eigenvalue weighted by atomic mass is 9.81. The zero-order valence-corrected chi connectivity index (χ0v) is 14.1. The van der Waals surface area contributed by atoms with Crippen LogP contribution in [0.3, 0.4) is 0 Å². The van der Waals surface area contributed by atoms with Gasteiger partial charge in [-0.05, 0) is 38.8 Å². The minimum Gasteiger partial charge on any atom is -0.339 e. The zero-order valence-electron chi connectivity index (χ0n) is 13.3. The number of aromatic nitrogens is 2. The highest BCUT2D eigenvalue weighted by atomic mass is 32.1. The van der Waals surface area contributed by atoms with Crippen LogP contribution in [0.1, 0.15) is 45.7 Å². The summed E-state index contributed by atoms with van der Waals surface area (Å²) in [7, 11) is 0. The molecule has 0 N–H and O–H groups in total. The second-order valence-electron chi connectivity index (χ2n) is 6.32. The molecular weight excluding hydrogens is 294 g/mol. The van der Waals surface area contributed by atoms with E-state index in [0.717, 1.165) is 31.6 Å². The third-order valence-corrected chi connectivity index (χ3v) is 5.67. The van der Waals surface area contributed by atoms with Gasteiger partial charge in [0.15, 0.2) is 0 Å². The number of likely N-dealkylation sites (tertiary alicyclic amines) is 1. The number of carbonyl (C=O) groups excluding carboxylic acids is 1. The van der Waals surface area contributed by atoms with Crippen molar-refractivity contribution in [1.29, 1.82) is 0 Å². The summed E-state index contributed by atoms with van der Waals surface area (Å²) in [6, 6.07) is 3.75. The molecule has 22 heavy (non-hydrogen) atoms. The minimum absolute atomic E-state index is 0.0878. The number of rotatable bonds is 2. The molecule has 0 atom stereocenters. The van der Waals surface area contributed by atoms with Crippen molar-refractivity contribution in [3.05, 3.63) is 45.7 Å². The molecule has 0 aromatic carbocycles. The van der Waals surface area contributed by atoms with Gasteiger partial charge in [0, 0.05) is 41.5 Å². The van der Waals surface area contributed by atoms with E-state index in [0.29, 0.717) is 5.56 Å². The summed E-state index contributed by atoms with van der Waals surface area (Å²) in [5.74, 6) is 0.0878. The molecule has 2 aromatic heterocycles. The van der Waals surface area contributed by atoms with E-state index >= 15 is 0 Å². The zero-order chi connectivity index (χ0) is 15.7. The van der Waals surface area contributed by atoms with Crippen molar-refractivity contribution < 1.29 is 4.79 Å². The highest BCUT2D eigenvalue weighted by molar-refractivity contribution is 7.11. The first-order valence-corrected chi connectivity index (χ1v) is 8.44. The molecule has 0 saturated carbocycles. The van der Waals surface area contributed by atoms with E-state index in [4.69, 9.17) is 0 Å². The van der Waals surface area contributed by atoms with E-state index in [-0.39, 0.29) is 11.3 Å². The molecule has 3 rings (SSSR count). The van der Waals surface area contributed by atoms with Gasteiger partial charge in [-0.3, -0.25) is 9.78 Å². The van der Waals surface area contributed by atoms with Gasteiger partial charge in [-0.1, -0.05) is 6.92 Å². The fraction of sp³-hybridized carbons (Fsp3) is 0.471. The molecule has 3 heterocycles. The van der Waals surface area contributed by atoms with Gasteiger partial charge in [0.25, 0.3) is 5.91 Å². The van der Waals surface area contributed by atoms with E-state index in [1.54, 1.807) is 17.5 Å². The van der Waals surface area contributed by atoms with Gasteiger partial charge >= 0.3 is 0 Å². The number of piperidine rings is 1. The standard InChI is InChI=1S/C17H21N3OS/c1-12-4-5-14(11-18-12)15(21)20-8-6-17(3,7-9-20)16-19-10-13(2)22-16/h4-5,10-11H,6-9H2,1-3H3. The molecule has 0 radical (unpaired) electrons. The molecule has 1 saturated heterocycles. The number of amides is 1.